The highest BCUT2D eigenvalue weighted by Crippen LogP contribution is 2.22. The highest BCUT2D eigenvalue weighted by molar-refractivity contribution is 5.63. The van der Waals surface area contributed by atoms with Gasteiger partial charge in [0.15, 0.2) is 0 Å². The van der Waals surface area contributed by atoms with Crippen molar-refractivity contribution in [3.8, 4) is 0 Å². The van der Waals surface area contributed by atoms with Crippen molar-refractivity contribution in [3.63, 3.8) is 0 Å². The minimum absolute atomic E-state index is 0.133. The van der Waals surface area contributed by atoms with Gasteiger partial charge in [-0.2, -0.15) is 0 Å². The maximum atomic E-state index is 11.6. The van der Waals surface area contributed by atoms with Crippen molar-refractivity contribution < 1.29 is 9.90 Å². The third kappa shape index (κ3) is 6.71. The zero-order valence-corrected chi connectivity index (χ0v) is 15.7. The Labute approximate surface area is 146 Å². The van der Waals surface area contributed by atoms with Gasteiger partial charge in [0, 0.05) is 17.6 Å². The zero-order chi connectivity index (χ0) is 18.3. The van der Waals surface area contributed by atoms with Crippen LogP contribution in [0.1, 0.15) is 58.9 Å². The smallest absolute Gasteiger partial charge is 0.129 e. The first-order valence-electron chi connectivity index (χ1n) is 8.87. The van der Waals surface area contributed by atoms with Crippen LogP contribution in [-0.2, 0) is 4.79 Å². The molecule has 4 atom stereocenters. The lowest BCUT2D eigenvalue weighted by Crippen LogP contribution is -2.56. The van der Waals surface area contributed by atoms with Crippen molar-refractivity contribution in [1.82, 2.24) is 5.32 Å². The van der Waals surface area contributed by atoms with Gasteiger partial charge >= 0.3 is 0 Å². The summed E-state index contributed by atoms with van der Waals surface area (Å²) >= 11 is 0. The van der Waals surface area contributed by atoms with Crippen LogP contribution in [0.3, 0.4) is 0 Å². The molecule has 0 aliphatic rings. The van der Waals surface area contributed by atoms with Gasteiger partial charge in [-0.25, -0.2) is 0 Å². The Hall–Kier alpha value is -1.23. The number of carbonyl (C=O) groups excluding carboxylic acids is 1. The van der Waals surface area contributed by atoms with Crippen LogP contribution in [0.25, 0.3) is 0 Å². The van der Waals surface area contributed by atoms with Gasteiger partial charge in [0.25, 0.3) is 0 Å². The van der Waals surface area contributed by atoms with Gasteiger partial charge in [-0.3, -0.25) is 0 Å². The number of nitrogens with one attached hydrogen (secondary N) is 1. The summed E-state index contributed by atoms with van der Waals surface area (Å²) in [4.78, 5) is 11.6. The van der Waals surface area contributed by atoms with E-state index in [0.717, 1.165) is 24.7 Å². The van der Waals surface area contributed by atoms with Crippen molar-refractivity contribution in [3.05, 3.63) is 35.9 Å². The summed E-state index contributed by atoms with van der Waals surface area (Å²) in [7, 11) is 0. The fourth-order valence-electron chi connectivity index (χ4n) is 2.94. The fourth-order valence-corrected chi connectivity index (χ4v) is 2.94. The van der Waals surface area contributed by atoms with E-state index in [0.29, 0.717) is 5.92 Å². The maximum Gasteiger partial charge on any atom is 0.129 e. The van der Waals surface area contributed by atoms with Crippen molar-refractivity contribution in [2.45, 2.75) is 77.1 Å². The highest BCUT2D eigenvalue weighted by atomic mass is 16.3. The van der Waals surface area contributed by atoms with Crippen LogP contribution >= 0.6 is 0 Å². The van der Waals surface area contributed by atoms with Crippen molar-refractivity contribution in [2.75, 3.05) is 0 Å². The van der Waals surface area contributed by atoms with Crippen LogP contribution in [0.5, 0.6) is 0 Å². The first-order valence-corrected chi connectivity index (χ1v) is 8.87. The second-order valence-corrected chi connectivity index (χ2v) is 8.11. The van der Waals surface area contributed by atoms with Gasteiger partial charge in [0.1, 0.15) is 6.29 Å². The van der Waals surface area contributed by atoms with Gasteiger partial charge in [0.2, 0.25) is 0 Å². The van der Waals surface area contributed by atoms with E-state index in [1.807, 2.05) is 30.3 Å². The van der Waals surface area contributed by atoms with Crippen molar-refractivity contribution >= 4 is 6.29 Å². The Morgan fingerprint density at radius 3 is 2.21 bits per heavy atom. The van der Waals surface area contributed by atoms with E-state index in [9.17, 15) is 9.90 Å². The van der Waals surface area contributed by atoms with Crippen LogP contribution < -0.4 is 11.1 Å². The average Bonchev–Trinajstić information content (AvgIpc) is 2.51. The summed E-state index contributed by atoms with van der Waals surface area (Å²) < 4.78 is 0. The van der Waals surface area contributed by atoms with Crippen LogP contribution in [-0.4, -0.2) is 35.1 Å². The molecule has 1 aromatic rings. The maximum absolute atomic E-state index is 11.6. The van der Waals surface area contributed by atoms with E-state index in [2.05, 4.69) is 39.9 Å². The lowest BCUT2D eigenvalue weighted by molar-refractivity contribution is -0.110. The Balaban J connectivity index is 2.93. The average molecular weight is 335 g/mol. The largest absolute Gasteiger partial charge is 0.390 e. The third-order valence-electron chi connectivity index (χ3n) is 4.23. The predicted molar refractivity (Wildman–Crippen MR) is 100.0 cm³/mol. The molecule has 4 N–H and O–H groups in total. The first kappa shape index (κ1) is 20.8. The molecule has 0 amide bonds. The number of aliphatic hydroxyl groups is 1. The predicted octanol–water partition coefficient (Wildman–Crippen LogP) is 2.85. The number of nitrogens with two attached hydrogens (primary N) is 1. The van der Waals surface area contributed by atoms with Gasteiger partial charge in [-0.1, -0.05) is 44.2 Å². The summed E-state index contributed by atoms with van der Waals surface area (Å²) in [5.74, 6) is 0.0400. The molecule has 0 heterocycles. The number of aldehydes is 1. The number of hydrogen-bond acceptors (Lipinski definition) is 4. The standard InChI is InChI=1S/C20H34N2O2/c1-14(2)11-12-17(22-20(3,4)5)19(24)18(21)16(13-23)15-9-7-6-8-10-15/h6-10,13-14,16-19,22,24H,11-12,21H2,1-5H3/t16?,17?,18-,19-/m0/s1. The van der Waals surface area contributed by atoms with Gasteiger partial charge < -0.3 is 21.0 Å². The molecule has 4 heteroatoms. The first-order chi connectivity index (χ1) is 11.2. The number of carbonyl (C=O) groups is 1. The molecule has 0 radical (unpaired) electrons. The number of aliphatic hydroxyl groups excluding tert-OH is 1. The van der Waals surface area contributed by atoms with E-state index in [1.165, 1.54) is 0 Å². The molecule has 0 aromatic heterocycles. The molecule has 0 saturated heterocycles. The second-order valence-electron chi connectivity index (χ2n) is 8.11. The Kier molecular flexibility index (Phi) is 8.07. The molecule has 2 unspecified atom stereocenters. The summed E-state index contributed by atoms with van der Waals surface area (Å²) in [6.45, 7) is 10.5. The van der Waals surface area contributed by atoms with E-state index in [1.54, 1.807) is 0 Å². The summed E-state index contributed by atoms with van der Waals surface area (Å²) in [5, 5.41) is 14.3. The SMILES string of the molecule is CC(C)CCC(NC(C)(C)C)[C@H](O)[C@@H](N)C(C=O)c1ccccc1. The van der Waals surface area contributed by atoms with Crippen LogP contribution in [0.2, 0.25) is 0 Å². The van der Waals surface area contributed by atoms with Crippen LogP contribution in [0.15, 0.2) is 30.3 Å². The third-order valence-corrected chi connectivity index (χ3v) is 4.23. The zero-order valence-electron chi connectivity index (χ0n) is 15.7. The molecule has 0 bridgehead atoms. The second kappa shape index (κ2) is 9.30. The monoisotopic (exact) mass is 334 g/mol. The number of hydrogen-bond donors (Lipinski definition) is 3. The molecular weight excluding hydrogens is 300 g/mol. The minimum Gasteiger partial charge on any atom is -0.390 e. The summed E-state index contributed by atoms with van der Waals surface area (Å²) in [6, 6.07) is 8.64. The Morgan fingerprint density at radius 1 is 1.17 bits per heavy atom. The summed E-state index contributed by atoms with van der Waals surface area (Å²) in [6.07, 6.45) is 1.87. The molecule has 0 spiro atoms. The molecule has 0 aliphatic carbocycles. The molecule has 24 heavy (non-hydrogen) atoms. The van der Waals surface area contributed by atoms with Crippen LogP contribution in [0, 0.1) is 5.92 Å². The normalized spacial score (nSPS) is 17.3. The highest BCUT2D eigenvalue weighted by Gasteiger charge is 2.33. The molecule has 1 aromatic carbocycles. The lowest BCUT2D eigenvalue weighted by atomic mass is 9.85. The van der Waals surface area contributed by atoms with Gasteiger partial charge in [-0.05, 0) is 45.1 Å². The molecule has 0 saturated carbocycles. The van der Waals surface area contributed by atoms with Crippen molar-refractivity contribution in [1.29, 1.82) is 0 Å². The van der Waals surface area contributed by atoms with Crippen molar-refractivity contribution in [2.24, 2.45) is 11.7 Å². The molecule has 0 aliphatic heterocycles. The molecule has 1 rings (SSSR count). The van der Waals surface area contributed by atoms with E-state index in [4.69, 9.17) is 5.73 Å². The minimum atomic E-state index is -0.793. The molecule has 136 valence electrons. The van der Waals surface area contributed by atoms with E-state index < -0.39 is 18.1 Å². The Bertz CT molecular complexity index is 482. The van der Waals surface area contributed by atoms with Crippen LogP contribution in [0.4, 0.5) is 0 Å². The van der Waals surface area contributed by atoms with E-state index >= 15 is 0 Å². The topological polar surface area (TPSA) is 75.3 Å². The van der Waals surface area contributed by atoms with E-state index in [-0.39, 0.29) is 11.6 Å². The number of rotatable bonds is 9. The Morgan fingerprint density at radius 2 is 1.75 bits per heavy atom. The van der Waals surface area contributed by atoms with Gasteiger partial charge in [0.05, 0.1) is 12.0 Å². The summed E-state index contributed by atoms with van der Waals surface area (Å²) in [5.41, 5.74) is 7.02. The fraction of sp³-hybridized carbons (Fsp3) is 0.650. The number of benzene rings is 1. The molecular formula is C20H34N2O2. The van der Waals surface area contributed by atoms with Gasteiger partial charge in [-0.15, -0.1) is 0 Å². The molecule has 4 nitrogen and oxygen atoms in total. The molecule has 0 fully saturated rings. The quantitative estimate of drug-likeness (QED) is 0.607. The lowest BCUT2D eigenvalue weighted by Gasteiger charge is -2.36.